The average Bonchev–Trinajstić information content (AvgIpc) is 2.82. The molecule has 0 spiro atoms. The van der Waals surface area contributed by atoms with E-state index >= 15 is 0 Å². The highest BCUT2D eigenvalue weighted by Crippen LogP contribution is 2.31. The Labute approximate surface area is 201 Å². The summed E-state index contributed by atoms with van der Waals surface area (Å²) in [5.41, 5.74) is 0.877. The van der Waals surface area contributed by atoms with Crippen LogP contribution in [0.4, 0.5) is 4.39 Å². The molecular weight excluding hydrogens is 459 g/mol. The number of nitrogens with zero attached hydrogens (tertiary/aromatic N) is 1. The van der Waals surface area contributed by atoms with Crippen molar-refractivity contribution >= 4 is 15.9 Å². The van der Waals surface area contributed by atoms with Crippen molar-refractivity contribution in [3.63, 3.8) is 0 Å². The van der Waals surface area contributed by atoms with Gasteiger partial charge in [0.05, 0.1) is 19.8 Å². The van der Waals surface area contributed by atoms with E-state index in [2.05, 4.69) is 19.2 Å². The van der Waals surface area contributed by atoms with Gasteiger partial charge in [0.25, 0.3) is 0 Å². The second-order valence-corrected chi connectivity index (χ2v) is 10.9. The lowest BCUT2D eigenvalue weighted by atomic mass is 9.96. The molecule has 1 saturated heterocycles. The maximum Gasteiger partial charge on any atom is 0.245 e. The third-order valence-electron chi connectivity index (χ3n) is 5.90. The number of sulfonamides is 1. The van der Waals surface area contributed by atoms with Crippen molar-refractivity contribution in [2.75, 3.05) is 26.8 Å². The molecular formula is C25H33FN2O5S. The number of ether oxygens (including phenoxy) is 2. The van der Waals surface area contributed by atoms with Crippen LogP contribution in [0.2, 0.25) is 0 Å². The molecule has 2 aromatic carbocycles. The van der Waals surface area contributed by atoms with Gasteiger partial charge in [0.1, 0.15) is 10.7 Å². The third-order valence-corrected chi connectivity index (χ3v) is 7.83. The number of nitrogens with one attached hydrogen (secondary N) is 1. The molecule has 1 N–H and O–H groups in total. The molecule has 1 amide bonds. The minimum Gasteiger partial charge on any atom is -0.493 e. The van der Waals surface area contributed by atoms with Crippen LogP contribution in [0.1, 0.15) is 45.2 Å². The quantitative estimate of drug-likeness (QED) is 0.569. The van der Waals surface area contributed by atoms with Crippen LogP contribution in [0, 0.1) is 17.7 Å². The lowest BCUT2D eigenvalue weighted by Crippen LogP contribution is -2.43. The monoisotopic (exact) mass is 492 g/mol. The van der Waals surface area contributed by atoms with Gasteiger partial charge >= 0.3 is 0 Å². The molecule has 0 radical (unpaired) electrons. The number of halogens is 1. The van der Waals surface area contributed by atoms with E-state index < -0.39 is 15.8 Å². The van der Waals surface area contributed by atoms with Gasteiger partial charge in [-0.3, -0.25) is 4.79 Å². The van der Waals surface area contributed by atoms with Gasteiger partial charge in [-0.05, 0) is 55.5 Å². The first-order chi connectivity index (χ1) is 16.1. The maximum atomic E-state index is 14.0. The summed E-state index contributed by atoms with van der Waals surface area (Å²) in [5.74, 6) is 0.426. The molecule has 0 bridgehead atoms. The van der Waals surface area contributed by atoms with Crippen LogP contribution in [0.25, 0.3) is 0 Å². The summed E-state index contributed by atoms with van der Waals surface area (Å²) in [7, 11) is -2.35. The van der Waals surface area contributed by atoms with Crippen LogP contribution >= 0.6 is 0 Å². The van der Waals surface area contributed by atoms with E-state index in [1.807, 2.05) is 25.1 Å². The molecule has 9 heteroatoms. The van der Waals surface area contributed by atoms with Crippen LogP contribution in [-0.2, 0) is 14.8 Å². The maximum absolute atomic E-state index is 14.0. The van der Waals surface area contributed by atoms with Crippen LogP contribution < -0.4 is 14.8 Å². The average molecular weight is 493 g/mol. The van der Waals surface area contributed by atoms with E-state index in [0.717, 1.165) is 11.6 Å². The van der Waals surface area contributed by atoms with Crippen molar-refractivity contribution in [1.82, 2.24) is 9.62 Å². The molecule has 1 aliphatic rings. The number of piperidine rings is 1. The zero-order valence-electron chi connectivity index (χ0n) is 20.1. The van der Waals surface area contributed by atoms with Crippen LogP contribution in [0.5, 0.6) is 11.5 Å². The summed E-state index contributed by atoms with van der Waals surface area (Å²) in [6.45, 7) is 6.93. The predicted octanol–water partition coefficient (Wildman–Crippen LogP) is 4.15. The molecule has 1 aliphatic heterocycles. The van der Waals surface area contributed by atoms with Crippen LogP contribution in [0.15, 0.2) is 47.4 Å². The first-order valence-corrected chi connectivity index (χ1v) is 12.9. The number of hydrogen-bond acceptors (Lipinski definition) is 5. The fourth-order valence-corrected chi connectivity index (χ4v) is 5.43. The van der Waals surface area contributed by atoms with E-state index in [9.17, 15) is 17.6 Å². The second kappa shape index (κ2) is 11.2. The van der Waals surface area contributed by atoms with Gasteiger partial charge in [-0.25, -0.2) is 12.8 Å². The van der Waals surface area contributed by atoms with E-state index in [1.165, 1.54) is 22.5 Å². The number of hydrogen-bond donors (Lipinski definition) is 1. The minimum absolute atomic E-state index is 0.130. The number of rotatable bonds is 9. The summed E-state index contributed by atoms with van der Waals surface area (Å²) in [4.78, 5) is 12.5. The number of methoxy groups -OCH3 is 1. The Morgan fingerprint density at radius 1 is 1.12 bits per heavy atom. The molecule has 1 unspecified atom stereocenters. The van der Waals surface area contributed by atoms with Crippen molar-refractivity contribution in [3.05, 3.63) is 53.8 Å². The lowest BCUT2D eigenvalue weighted by molar-refractivity contribution is -0.126. The second-order valence-electron chi connectivity index (χ2n) is 8.95. The summed E-state index contributed by atoms with van der Waals surface area (Å²) in [6, 6.07) is 10.7. The molecule has 7 nitrogen and oxygen atoms in total. The van der Waals surface area contributed by atoms with Crippen molar-refractivity contribution in [3.8, 4) is 11.5 Å². The predicted molar refractivity (Wildman–Crippen MR) is 128 cm³/mol. The van der Waals surface area contributed by atoms with E-state index in [4.69, 9.17) is 9.47 Å². The Morgan fingerprint density at radius 2 is 1.79 bits per heavy atom. The van der Waals surface area contributed by atoms with E-state index in [0.29, 0.717) is 36.9 Å². The molecule has 2 aromatic rings. The highest BCUT2D eigenvalue weighted by molar-refractivity contribution is 7.89. The molecule has 0 aromatic heterocycles. The molecule has 0 saturated carbocycles. The summed E-state index contributed by atoms with van der Waals surface area (Å²) in [6.07, 6.45) is 0.745. The van der Waals surface area contributed by atoms with E-state index in [1.54, 1.807) is 7.11 Å². The number of benzene rings is 2. The molecule has 186 valence electrons. The zero-order valence-corrected chi connectivity index (χ0v) is 20.9. The Kier molecular flexibility index (Phi) is 8.54. The molecule has 1 fully saturated rings. The van der Waals surface area contributed by atoms with Gasteiger partial charge < -0.3 is 14.8 Å². The van der Waals surface area contributed by atoms with Gasteiger partial charge in [-0.15, -0.1) is 0 Å². The molecule has 1 atom stereocenters. The van der Waals surface area contributed by atoms with Crippen molar-refractivity contribution in [2.24, 2.45) is 11.8 Å². The Hall–Kier alpha value is -2.65. The molecule has 3 rings (SSSR count). The van der Waals surface area contributed by atoms with Gasteiger partial charge in [0.2, 0.25) is 15.9 Å². The Balaban J connectivity index is 1.59. The fraction of sp³-hybridized carbons (Fsp3) is 0.480. The standard InChI is InChI=1S/C25H33FN2O5S/c1-17(2)16-33-22-10-9-20(15-23(22)32-4)18(3)27-25(29)19-11-13-28(14-12-19)34(30,31)24-8-6-5-7-21(24)26/h5-10,15,17-19H,11-14,16H2,1-4H3,(H,27,29). The SMILES string of the molecule is COc1cc(C(C)NC(=O)C2CCN(S(=O)(=O)c3ccccc3F)CC2)ccc1OCC(C)C. The van der Waals surface area contributed by atoms with Crippen LogP contribution in [0.3, 0.4) is 0 Å². The zero-order chi connectivity index (χ0) is 24.9. The molecule has 34 heavy (non-hydrogen) atoms. The van der Waals surface area contributed by atoms with Crippen molar-refractivity contribution in [2.45, 2.75) is 44.6 Å². The third kappa shape index (κ3) is 6.07. The highest BCUT2D eigenvalue weighted by atomic mass is 32.2. The number of carbonyl (C=O) groups is 1. The van der Waals surface area contributed by atoms with Crippen molar-refractivity contribution in [1.29, 1.82) is 0 Å². The number of carbonyl (C=O) groups excluding carboxylic acids is 1. The number of amides is 1. The summed E-state index contributed by atoms with van der Waals surface area (Å²) in [5, 5.41) is 3.02. The minimum atomic E-state index is -3.93. The topological polar surface area (TPSA) is 84.9 Å². The largest absolute Gasteiger partial charge is 0.493 e. The molecule has 1 heterocycles. The first-order valence-electron chi connectivity index (χ1n) is 11.5. The van der Waals surface area contributed by atoms with Gasteiger partial charge in [0, 0.05) is 19.0 Å². The normalized spacial score (nSPS) is 16.3. The van der Waals surface area contributed by atoms with Gasteiger partial charge in [-0.2, -0.15) is 4.31 Å². The van der Waals surface area contributed by atoms with E-state index in [-0.39, 0.29) is 35.9 Å². The first kappa shape index (κ1) is 26.0. The Morgan fingerprint density at radius 3 is 2.41 bits per heavy atom. The van der Waals surface area contributed by atoms with Gasteiger partial charge in [-0.1, -0.05) is 32.0 Å². The fourth-order valence-electron chi connectivity index (χ4n) is 3.90. The smallest absolute Gasteiger partial charge is 0.245 e. The van der Waals surface area contributed by atoms with Gasteiger partial charge in [0.15, 0.2) is 11.5 Å². The van der Waals surface area contributed by atoms with Crippen LogP contribution in [-0.4, -0.2) is 45.4 Å². The lowest BCUT2D eigenvalue weighted by Gasteiger charge is -2.31. The molecule has 0 aliphatic carbocycles. The van der Waals surface area contributed by atoms with Crippen molar-refractivity contribution < 1.29 is 27.1 Å². The summed E-state index contributed by atoms with van der Waals surface area (Å²) >= 11 is 0. The highest BCUT2D eigenvalue weighted by Gasteiger charge is 2.33. The Bertz CT molecular complexity index is 1100. The summed E-state index contributed by atoms with van der Waals surface area (Å²) < 4.78 is 52.1.